The van der Waals surface area contributed by atoms with Crippen molar-refractivity contribution < 1.29 is 47.6 Å². The first-order valence-corrected chi connectivity index (χ1v) is 10.5. The Kier molecular flexibility index (Phi) is 18.5. The molecule has 0 saturated heterocycles. The van der Waals surface area contributed by atoms with Gasteiger partial charge in [0.25, 0.3) is 0 Å². The minimum atomic E-state index is -4.13. The minimum absolute atomic E-state index is 0. The fraction of sp³-hybridized carbons (Fsp3) is 1.00. The molecule has 134 valence electrons. The molecule has 0 saturated carbocycles. The van der Waals surface area contributed by atoms with Gasteiger partial charge in [-0.1, -0.05) is 71.6 Å². The van der Waals surface area contributed by atoms with Crippen molar-refractivity contribution in [2.45, 2.75) is 109 Å². The van der Waals surface area contributed by atoms with Gasteiger partial charge in [0.05, 0.1) is 16.2 Å². The van der Waals surface area contributed by atoms with Crippen molar-refractivity contribution in [3.63, 3.8) is 0 Å². The topological polar surface area (TPSA) is 77.4 Å². The van der Waals surface area contributed by atoms with Gasteiger partial charge >= 0.3 is 29.6 Å². The molecule has 4 nitrogen and oxygen atoms in total. The summed E-state index contributed by atoms with van der Waals surface area (Å²) >= 11 is 0. The summed E-state index contributed by atoms with van der Waals surface area (Å²) in [4.78, 5) is 0. The molecule has 23 heavy (non-hydrogen) atoms. The summed E-state index contributed by atoms with van der Waals surface area (Å²) in [6.07, 6.45) is 11.7. The normalized spacial score (nSPS) is 14.3. The van der Waals surface area contributed by atoms with Crippen LogP contribution in [0.2, 0.25) is 0 Å². The van der Waals surface area contributed by atoms with E-state index >= 15 is 0 Å². The predicted octanol–water partition coefficient (Wildman–Crippen LogP) is 1.38. The Labute approximate surface area is 165 Å². The van der Waals surface area contributed by atoms with Crippen molar-refractivity contribution in [2.75, 3.05) is 0 Å². The molecular weight excluding hydrogens is 323 g/mol. The van der Waals surface area contributed by atoms with E-state index in [-0.39, 0.29) is 35.7 Å². The van der Waals surface area contributed by atoms with E-state index < -0.39 is 15.4 Å². The molecule has 0 aromatic heterocycles. The van der Waals surface area contributed by atoms with Gasteiger partial charge in [-0.25, -0.2) is 8.42 Å². The van der Waals surface area contributed by atoms with Crippen molar-refractivity contribution >= 4 is 10.1 Å². The second kappa shape index (κ2) is 16.3. The molecular formula is C17H35NaO4S. The first-order valence-electron chi connectivity index (χ1n) is 9.04. The summed E-state index contributed by atoms with van der Waals surface area (Å²) in [5.41, 5.74) is 0. The Morgan fingerprint density at radius 1 is 0.783 bits per heavy atom. The molecule has 0 aromatic carbocycles. The van der Waals surface area contributed by atoms with Gasteiger partial charge in [-0.3, -0.25) is 0 Å². The Morgan fingerprint density at radius 2 is 1.26 bits per heavy atom. The van der Waals surface area contributed by atoms with Crippen LogP contribution in [-0.2, 0) is 10.1 Å². The van der Waals surface area contributed by atoms with Crippen molar-refractivity contribution in [3.8, 4) is 0 Å². The van der Waals surface area contributed by atoms with Crippen molar-refractivity contribution in [1.82, 2.24) is 0 Å². The minimum Gasteiger partial charge on any atom is -0.748 e. The van der Waals surface area contributed by atoms with Crippen LogP contribution in [0.15, 0.2) is 0 Å². The standard InChI is InChI=1S/C17H36O4S.Na/c1-3-5-14-17(22(19,20)21)15-11-9-7-6-8-10-13-16(18)12-4-2;/h16-18H,3-15H2,1-2H3,(H,19,20,21);/q;+1/p-1. The number of aliphatic hydroxyl groups is 1. The van der Waals surface area contributed by atoms with Gasteiger partial charge in [0.15, 0.2) is 0 Å². The maximum absolute atomic E-state index is 11.2. The van der Waals surface area contributed by atoms with Gasteiger partial charge in [-0.05, 0) is 25.7 Å². The van der Waals surface area contributed by atoms with Gasteiger partial charge in [0.2, 0.25) is 0 Å². The number of unbranched alkanes of at least 4 members (excludes halogenated alkanes) is 6. The van der Waals surface area contributed by atoms with Crippen molar-refractivity contribution in [2.24, 2.45) is 0 Å². The Morgan fingerprint density at radius 3 is 1.74 bits per heavy atom. The first kappa shape index (κ1) is 26.1. The van der Waals surface area contributed by atoms with Gasteiger partial charge in [-0.15, -0.1) is 0 Å². The predicted molar refractivity (Wildman–Crippen MR) is 90.9 cm³/mol. The van der Waals surface area contributed by atoms with E-state index in [1.807, 2.05) is 6.92 Å². The summed E-state index contributed by atoms with van der Waals surface area (Å²) in [7, 11) is -4.13. The number of hydrogen-bond donors (Lipinski definition) is 1. The average molecular weight is 359 g/mol. The molecule has 6 heteroatoms. The number of rotatable bonds is 15. The Hall–Kier alpha value is 0.870. The van der Waals surface area contributed by atoms with E-state index in [0.717, 1.165) is 70.6 Å². The van der Waals surface area contributed by atoms with E-state index in [4.69, 9.17) is 0 Å². The van der Waals surface area contributed by atoms with E-state index in [9.17, 15) is 18.1 Å². The van der Waals surface area contributed by atoms with E-state index in [1.165, 1.54) is 0 Å². The third kappa shape index (κ3) is 16.1. The first-order chi connectivity index (χ1) is 10.4. The van der Waals surface area contributed by atoms with Gasteiger partial charge in [0, 0.05) is 5.25 Å². The Bertz CT molecular complexity index is 347. The fourth-order valence-electron chi connectivity index (χ4n) is 2.80. The molecule has 0 aromatic rings. The smallest absolute Gasteiger partial charge is 0.748 e. The van der Waals surface area contributed by atoms with Gasteiger partial charge in [0.1, 0.15) is 0 Å². The molecule has 0 fully saturated rings. The van der Waals surface area contributed by atoms with Crippen LogP contribution in [0.5, 0.6) is 0 Å². The van der Waals surface area contributed by atoms with Crippen LogP contribution in [0.1, 0.15) is 97.3 Å². The Balaban J connectivity index is 0. The maximum atomic E-state index is 11.2. The number of aliphatic hydroxyl groups excluding tert-OH is 1. The zero-order valence-corrected chi connectivity index (χ0v) is 18.2. The van der Waals surface area contributed by atoms with Crippen LogP contribution in [0.3, 0.4) is 0 Å². The average Bonchev–Trinajstić information content (AvgIpc) is 2.43. The molecule has 0 aliphatic rings. The van der Waals surface area contributed by atoms with E-state index in [2.05, 4.69) is 6.92 Å². The monoisotopic (exact) mass is 358 g/mol. The summed E-state index contributed by atoms with van der Waals surface area (Å²) in [6.45, 7) is 4.09. The zero-order valence-electron chi connectivity index (χ0n) is 15.4. The molecule has 0 rings (SSSR count). The van der Waals surface area contributed by atoms with Crippen LogP contribution in [-0.4, -0.2) is 29.4 Å². The SMILES string of the molecule is CCCCC(CCCCCCCCC(O)CCC)S(=O)(=O)[O-].[Na+]. The van der Waals surface area contributed by atoms with Crippen LogP contribution in [0.4, 0.5) is 0 Å². The molecule has 0 radical (unpaired) electrons. The van der Waals surface area contributed by atoms with Gasteiger partial charge < -0.3 is 9.66 Å². The van der Waals surface area contributed by atoms with Crippen LogP contribution in [0, 0.1) is 0 Å². The fourth-order valence-corrected chi connectivity index (χ4v) is 3.71. The largest absolute Gasteiger partial charge is 1.00 e. The van der Waals surface area contributed by atoms with Crippen molar-refractivity contribution in [3.05, 3.63) is 0 Å². The number of hydrogen-bond acceptors (Lipinski definition) is 4. The molecule has 2 unspecified atom stereocenters. The molecule has 0 amide bonds. The third-order valence-corrected chi connectivity index (χ3v) is 5.51. The molecule has 0 spiro atoms. The molecule has 1 N–H and O–H groups in total. The summed E-state index contributed by atoms with van der Waals surface area (Å²) in [5.74, 6) is 0. The molecule has 0 bridgehead atoms. The van der Waals surface area contributed by atoms with Crippen molar-refractivity contribution in [1.29, 1.82) is 0 Å². The van der Waals surface area contributed by atoms with Gasteiger partial charge in [-0.2, -0.15) is 0 Å². The summed E-state index contributed by atoms with van der Waals surface area (Å²) in [6, 6.07) is 0. The van der Waals surface area contributed by atoms with Crippen LogP contribution < -0.4 is 29.6 Å². The zero-order chi connectivity index (χ0) is 16.8. The second-order valence-electron chi connectivity index (χ2n) is 6.40. The summed E-state index contributed by atoms with van der Waals surface area (Å²) in [5, 5.41) is 8.93. The maximum Gasteiger partial charge on any atom is 1.00 e. The molecule has 0 aliphatic carbocycles. The second-order valence-corrected chi connectivity index (χ2v) is 8.05. The summed E-state index contributed by atoms with van der Waals surface area (Å²) < 4.78 is 33.5. The molecule has 0 heterocycles. The van der Waals surface area contributed by atoms with Crippen LogP contribution in [0.25, 0.3) is 0 Å². The van der Waals surface area contributed by atoms with Crippen LogP contribution >= 0.6 is 0 Å². The molecule has 2 atom stereocenters. The quantitative estimate of drug-likeness (QED) is 0.272. The molecule has 0 aliphatic heterocycles. The van der Waals surface area contributed by atoms with E-state index in [0.29, 0.717) is 12.8 Å². The third-order valence-electron chi connectivity index (χ3n) is 4.22. The van der Waals surface area contributed by atoms with E-state index in [1.54, 1.807) is 0 Å².